The minimum Gasteiger partial charge on any atom is -0.312 e. The average Bonchev–Trinajstić information content (AvgIpc) is 2.63. The van der Waals surface area contributed by atoms with Crippen molar-refractivity contribution < 1.29 is 0 Å². The number of hydrogen-bond donors (Lipinski definition) is 1. The topological polar surface area (TPSA) is 42.7 Å². The lowest BCUT2D eigenvalue weighted by atomic mass is 10.0. The summed E-state index contributed by atoms with van der Waals surface area (Å²) >= 11 is 0. The van der Waals surface area contributed by atoms with Crippen molar-refractivity contribution in [2.75, 3.05) is 6.54 Å². The van der Waals surface area contributed by atoms with Gasteiger partial charge in [-0.25, -0.2) is 4.68 Å². The standard InChI is InChI=1S/C13H26N4/c1-6-7-17-12(10-15-16-17)8-11(2)9-14-13(3,4)5/h10-11,14H,6-9H2,1-5H3. The zero-order valence-electron chi connectivity index (χ0n) is 11.8. The number of aromatic nitrogens is 3. The summed E-state index contributed by atoms with van der Waals surface area (Å²) in [5.41, 5.74) is 1.44. The Morgan fingerprint density at radius 3 is 2.71 bits per heavy atom. The SMILES string of the molecule is CCCn1nncc1CC(C)CNC(C)(C)C. The zero-order chi connectivity index (χ0) is 12.9. The molecule has 0 radical (unpaired) electrons. The molecule has 0 saturated heterocycles. The Morgan fingerprint density at radius 1 is 1.41 bits per heavy atom. The van der Waals surface area contributed by atoms with Gasteiger partial charge in [-0.15, -0.1) is 5.10 Å². The summed E-state index contributed by atoms with van der Waals surface area (Å²) in [4.78, 5) is 0. The van der Waals surface area contributed by atoms with E-state index in [1.807, 2.05) is 10.9 Å². The van der Waals surface area contributed by atoms with Crippen LogP contribution >= 0.6 is 0 Å². The van der Waals surface area contributed by atoms with Crippen LogP contribution in [0.2, 0.25) is 0 Å². The van der Waals surface area contributed by atoms with Crippen molar-refractivity contribution in [1.29, 1.82) is 0 Å². The molecule has 0 spiro atoms. The molecular formula is C13H26N4. The highest BCUT2D eigenvalue weighted by Crippen LogP contribution is 2.08. The molecule has 4 nitrogen and oxygen atoms in total. The van der Waals surface area contributed by atoms with Gasteiger partial charge in [-0.1, -0.05) is 19.1 Å². The van der Waals surface area contributed by atoms with Crippen LogP contribution in [-0.2, 0) is 13.0 Å². The van der Waals surface area contributed by atoms with Gasteiger partial charge in [-0.05, 0) is 46.1 Å². The van der Waals surface area contributed by atoms with Crippen molar-refractivity contribution in [3.05, 3.63) is 11.9 Å². The summed E-state index contributed by atoms with van der Waals surface area (Å²) in [6, 6.07) is 0. The van der Waals surface area contributed by atoms with Gasteiger partial charge in [0, 0.05) is 12.1 Å². The first kappa shape index (κ1) is 14.2. The molecule has 4 heteroatoms. The maximum atomic E-state index is 4.11. The quantitative estimate of drug-likeness (QED) is 0.826. The van der Waals surface area contributed by atoms with E-state index in [0.29, 0.717) is 5.92 Å². The molecule has 1 heterocycles. The third-order valence-corrected chi connectivity index (χ3v) is 2.67. The van der Waals surface area contributed by atoms with Crippen molar-refractivity contribution >= 4 is 0 Å². The first-order valence-electron chi connectivity index (χ1n) is 6.54. The van der Waals surface area contributed by atoms with E-state index in [2.05, 4.69) is 50.2 Å². The first-order chi connectivity index (χ1) is 7.92. The summed E-state index contributed by atoms with van der Waals surface area (Å²) in [5.74, 6) is 0.600. The molecule has 0 aliphatic carbocycles. The van der Waals surface area contributed by atoms with Crippen LogP contribution in [0.1, 0.15) is 46.7 Å². The molecule has 0 aliphatic heterocycles. The Hall–Kier alpha value is -0.900. The molecular weight excluding hydrogens is 212 g/mol. The minimum atomic E-state index is 0.191. The third kappa shape index (κ3) is 5.31. The highest BCUT2D eigenvalue weighted by Gasteiger charge is 2.13. The molecule has 1 N–H and O–H groups in total. The van der Waals surface area contributed by atoms with Crippen LogP contribution in [0.15, 0.2) is 6.20 Å². The van der Waals surface area contributed by atoms with Gasteiger partial charge >= 0.3 is 0 Å². The summed E-state index contributed by atoms with van der Waals surface area (Å²) in [6.45, 7) is 13.0. The molecule has 0 bridgehead atoms. The van der Waals surface area contributed by atoms with Crippen molar-refractivity contribution in [3.8, 4) is 0 Å². The Kier molecular flexibility index (Phi) is 5.12. The van der Waals surface area contributed by atoms with E-state index in [1.54, 1.807) is 0 Å². The van der Waals surface area contributed by atoms with E-state index in [1.165, 1.54) is 5.69 Å². The van der Waals surface area contributed by atoms with Crippen LogP contribution < -0.4 is 5.32 Å². The Labute approximate surface area is 105 Å². The van der Waals surface area contributed by atoms with Crippen LogP contribution in [0.3, 0.4) is 0 Å². The van der Waals surface area contributed by atoms with Crippen molar-refractivity contribution in [2.45, 2.75) is 59.5 Å². The number of nitrogens with one attached hydrogen (secondary N) is 1. The summed E-state index contributed by atoms with van der Waals surface area (Å²) in [6.07, 6.45) is 4.03. The van der Waals surface area contributed by atoms with Gasteiger partial charge in [0.2, 0.25) is 0 Å². The van der Waals surface area contributed by atoms with Gasteiger partial charge in [-0.2, -0.15) is 0 Å². The van der Waals surface area contributed by atoms with E-state index in [-0.39, 0.29) is 5.54 Å². The predicted molar refractivity (Wildman–Crippen MR) is 70.9 cm³/mol. The Bertz CT molecular complexity index is 324. The van der Waals surface area contributed by atoms with Crippen LogP contribution in [0.4, 0.5) is 0 Å². The first-order valence-corrected chi connectivity index (χ1v) is 6.54. The fourth-order valence-electron chi connectivity index (χ4n) is 1.75. The number of hydrogen-bond acceptors (Lipinski definition) is 3. The molecule has 1 atom stereocenters. The Balaban J connectivity index is 2.44. The van der Waals surface area contributed by atoms with Crippen molar-refractivity contribution in [1.82, 2.24) is 20.3 Å². The lowest BCUT2D eigenvalue weighted by molar-refractivity contribution is 0.376. The fraction of sp³-hybridized carbons (Fsp3) is 0.846. The summed E-state index contributed by atoms with van der Waals surface area (Å²) < 4.78 is 2.02. The second-order valence-electron chi connectivity index (χ2n) is 5.89. The van der Waals surface area contributed by atoms with Crippen LogP contribution in [0.25, 0.3) is 0 Å². The van der Waals surface area contributed by atoms with Crippen molar-refractivity contribution in [2.24, 2.45) is 5.92 Å². The van der Waals surface area contributed by atoms with E-state index in [0.717, 1.165) is 25.9 Å². The highest BCUT2D eigenvalue weighted by molar-refractivity contribution is 4.95. The van der Waals surface area contributed by atoms with E-state index in [9.17, 15) is 0 Å². The molecule has 1 aromatic heterocycles. The Morgan fingerprint density at radius 2 is 2.12 bits per heavy atom. The van der Waals surface area contributed by atoms with E-state index >= 15 is 0 Å². The fourth-order valence-corrected chi connectivity index (χ4v) is 1.75. The molecule has 0 saturated carbocycles. The number of aryl methyl sites for hydroxylation is 1. The second-order valence-corrected chi connectivity index (χ2v) is 5.89. The van der Waals surface area contributed by atoms with Crippen LogP contribution in [0.5, 0.6) is 0 Å². The van der Waals surface area contributed by atoms with Crippen LogP contribution in [-0.4, -0.2) is 27.1 Å². The van der Waals surface area contributed by atoms with Crippen molar-refractivity contribution in [3.63, 3.8) is 0 Å². The number of nitrogens with zero attached hydrogens (tertiary/aromatic N) is 3. The molecule has 0 aromatic carbocycles. The molecule has 1 aromatic rings. The van der Waals surface area contributed by atoms with Gasteiger partial charge in [0.1, 0.15) is 0 Å². The smallest absolute Gasteiger partial charge is 0.0725 e. The largest absolute Gasteiger partial charge is 0.312 e. The zero-order valence-corrected chi connectivity index (χ0v) is 11.8. The van der Waals surface area contributed by atoms with Gasteiger partial charge in [-0.3, -0.25) is 0 Å². The summed E-state index contributed by atoms with van der Waals surface area (Å²) in [5, 5.41) is 11.6. The third-order valence-electron chi connectivity index (χ3n) is 2.67. The van der Waals surface area contributed by atoms with E-state index in [4.69, 9.17) is 0 Å². The number of rotatable bonds is 6. The predicted octanol–water partition coefficient (Wildman–Crippen LogP) is 2.25. The molecule has 0 amide bonds. The molecule has 17 heavy (non-hydrogen) atoms. The lowest BCUT2D eigenvalue weighted by Crippen LogP contribution is -2.39. The molecule has 1 rings (SSSR count). The minimum absolute atomic E-state index is 0.191. The maximum absolute atomic E-state index is 4.11. The monoisotopic (exact) mass is 238 g/mol. The molecule has 0 aliphatic rings. The van der Waals surface area contributed by atoms with Gasteiger partial charge in [0.25, 0.3) is 0 Å². The van der Waals surface area contributed by atoms with Gasteiger partial charge in [0.05, 0.1) is 11.9 Å². The second kappa shape index (κ2) is 6.15. The highest BCUT2D eigenvalue weighted by atomic mass is 15.4. The molecule has 0 fully saturated rings. The van der Waals surface area contributed by atoms with Gasteiger partial charge in [0.15, 0.2) is 0 Å². The molecule has 1 unspecified atom stereocenters. The molecule has 98 valence electrons. The van der Waals surface area contributed by atoms with Crippen LogP contribution in [0, 0.1) is 5.92 Å². The lowest BCUT2D eigenvalue weighted by Gasteiger charge is -2.23. The summed E-state index contributed by atoms with van der Waals surface area (Å²) in [7, 11) is 0. The van der Waals surface area contributed by atoms with E-state index < -0.39 is 0 Å². The van der Waals surface area contributed by atoms with Gasteiger partial charge < -0.3 is 5.32 Å². The maximum Gasteiger partial charge on any atom is 0.0725 e. The normalized spacial score (nSPS) is 13.9. The average molecular weight is 238 g/mol.